The summed E-state index contributed by atoms with van der Waals surface area (Å²) in [5.41, 5.74) is 7.54. The van der Waals surface area contributed by atoms with Gasteiger partial charge in [0.1, 0.15) is 0 Å². The highest BCUT2D eigenvalue weighted by Gasteiger charge is 1.93. The topological polar surface area (TPSA) is 53.2 Å². The van der Waals surface area contributed by atoms with Gasteiger partial charge in [-0.2, -0.15) is 0 Å². The summed E-state index contributed by atoms with van der Waals surface area (Å²) in [5, 5.41) is 3.04. The van der Waals surface area contributed by atoms with Gasteiger partial charge >= 0.3 is 0 Å². The van der Waals surface area contributed by atoms with Crippen LogP contribution in [0.3, 0.4) is 0 Å². The molecule has 1 amide bonds. The molecule has 0 aliphatic heterocycles. The zero-order chi connectivity index (χ0) is 10.4. The summed E-state index contributed by atoms with van der Waals surface area (Å²) in [6, 6.07) is 7.98. The Balaban J connectivity index is 2.40. The molecule has 0 aliphatic carbocycles. The molecule has 4 nitrogen and oxygen atoms in total. The fraction of sp³-hybridized carbons (Fsp3) is 0.300. The first-order chi connectivity index (χ1) is 6.72. The predicted octanol–water partition coefficient (Wildman–Crippen LogP) is 0.869. The second-order valence-electron chi connectivity index (χ2n) is 2.98. The predicted molar refractivity (Wildman–Crippen MR) is 56.6 cm³/mol. The number of nitrogens with one attached hydrogen (secondary N) is 3. The van der Waals surface area contributed by atoms with Crippen molar-refractivity contribution in [2.45, 2.75) is 13.5 Å². The Morgan fingerprint density at radius 3 is 2.43 bits per heavy atom. The smallest absolute Gasteiger partial charge is 0.230 e. The van der Waals surface area contributed by atoms with E-state index in [9.17, 15) is 4.79 Å². The highest BCUT2D eigenvalue weighted by molar-refractivity contribution is 5.72. The lowest BCUT2D eigenvalue weighted by Crippen LogP contribution is -2.34. The third kappa shape index (κ3) is 3.45. The Bertz CT molecular complexity index is 295. The Hall–Kier alpha value is -1.55. The molecule has 0 spiro atoms. The number of rotatable bonds is 4. The molecule has 76 valence electrons. The highest BCUT2D eigenvalue weighted by Crippen LogP contribution is 2.07. The van der Waals surface area contributed by atoms with Crippen LogP contribution in [0.5, 0.6) is 0 Å². The van der Waals surface area contributed by atoms with Gasteiger partial charge in [-0.3, -0.25) is 10.2 Å². The second kappa shape index (κ2) is 5.24. The molecular formula is C10H15N3O. The van der Waals surface area contributed by atoms with Crippen molar-refractivity contribution < 1.29 is 4.79 Å². The van der Waals surface area contributed by atoms with E-state index < -0.39 is 0 Å². The Morgan fingerprint density at radius 2 is 1.93 bits per heavy atom. The first kappa shape index (κ1) is 10.5. The molecule has 1 aromatic rings. The molecule has 0 aromatic heterocycles. The molecule has 0 aliphatic rings. The molecule has 0 bridgehead atoms. The van der Waals surface area contributed by atoms with Gasteiger partial charge < -0.3 is 5.32 Å². The molecule has 1 aromatic carbocycles. The van der Waals surface area contributed by atoms with Gasteiger partial charge in [0.2, 0.25) is 5.91 Å². The molecular weight excluding hydrogens is 178 g/mol. The minimum absolute atomic E-state index is 0.0863. The van der Waals surface area contributed by atoms with Gasteiger partial charge in [0.25, 0.3) is 0 Å². The van der Waals surface area contributed by atoms with Crippen molar-refractivity contribution in [3.05, 3.63) is 29.8 Å². The van der Waals surface area contributed by atoms with Gasteiger partial charge in [-0.05, 0) is 17.7 Å². The number of carbonyl (C=O) groups is 1. The maximum Gasteiger partial charge on any atom is 0.230 e. The van der Waals surface area contributed by atoms with E-state index in [-0.39, 0.29) is 5.91 Å². The van der Waals surface area contributed by atoms with Crippen molar-refractivity contribution in [1.29, 1.82) is 0 Å². The molecule has 0 unspecified atom stereocenters. The van der Waals surface area contributed by atoms with Crippen molar-refractivity contribution >= 4 is 11.6 Å². The number of anilines is 1. The summed E-state index contributed by atoms with van der Waals surface area (Å²) in [5.74, 6) is -0.0863. The normalized spacial score (nSPS) is 9.57. The van der Waals surface area contributed by atoms with Crippen LogP contribution < -0.4 is 16.2 Å². The summed E-state index contributed by atoms with van der Waals surface area (Å²) >= 11 is 0. The van der Waals surface area contributed by atoms with Crippen LogP contribution in [0.2, 0.25) is 0 Å². The standard InChI is InChI=1S/C10H15N3O/c1-8(14)13-12-7-9-3-5-10(11-2)6-4-9/h3-6,11-12H,7H2,1-2H3,(H,13,14). The molecule has 14 heavy (non-hydrogen) atoms. The molecule has 0 saturated carbocycles. The Kier molecular flexibility index (Phi) is 3.94. The van der Waals surface area contributed by atoms with Crippen LogP contribution in [0.25, 0.3) is 0 Å². The van der Waals surface area contributed by atoms with E-state index in [1.165, 1.54) is 6.92 Å². The van der Waals surface area contributed by atoms with Gasteiger partial charge in [-0.15, -0.1) is 0 Å². The van der Waals surface area contributed by atoms with E-state index in [4.69, 9.17) is 0 Å². The van der Waals surface area contributed by atoms with Crippen LogP contribution in [0, 0.1) is 0 Å². The number of benzene rings is 1. The van der Waals surface area contributed by atoms with Crippen molar-refractivity contribution in [1.82, 2.24) is 10.9 Å². The molecule has 1 rings (SSSR count). The van der Waals surface area contributed by atoms with Gasteiger partial charge in [0.15, 0.2) is 0 Å². The van der Waals surface area contributed by atoms with Gasteiger partial charge in [0.05, 0.1) is 0 Å². The summed E-state index contributed by atoms with van der Waals surface area (Å²) in [6.07, 6.45) is 0. The van der Waals surface area contributed by atoms with Crippen LogP contribution in [0.4, 0.5) is 5.69 Å². The average Bonchev–Trinajstić information content (AvgIpc) is 2.18. The van der Waals surface area contributed by atoms with Crippen LogP contribution in [-0.2, 0) is 11.3 Å². The van der Waals surface area contributed by atoms with Crippen molar-refractivity contribution in [3.8, 4) is 0 Å². The Labute approximate surface area is 83.7 Å². The summed E-state index contributed by atoms with van der Waals surface area (Å²) in [6.45, 7) is 2.10. The van der Waals surface area contributed by atoms with Crippen LogP contribution >= 0.6 is 0 Å². The zero-order valence-electron chi connectivity index (χ0n) is 8.42. The summed E-state index contributed by atoms with van der Waals surface area (Å²) in [7, 11) is 1.88. The molecule has 0 radical (unpaired) electrons. The molecule has 3 N–H and O–H groups in total. The molecule has 4 heteroatoms. The van der Waals surface area contributed by atoms with Crippen molar-refractivity contribution in [3.63, 3.8) is 0 Å². The fourth-order valence-corrected chi connectivity index (χ4v) is 1.06. The number of hydrazine groups is 1. The van der Waals surface area contributed by atoms with Gasteiger partial charge in [-0.1, -0.05) is 12.1 Å². The first-order valence-electron chi connectivity index (χ1n) is 4.48. The maximum atomic E-state index is 10.6. The van der Waals surface area contributed by atoms with E-state index in [0.717, 1.165) is 11.3 Å². The van der Waals surface area contributed by atoms with Crippen molar-refractivity contribution in [2.24, 2.45) is 0 Å². The molecule has 0 heterocycles. The number of hydrogen-bond donors (Lipinski definition) is 3. The Morgan fingerprint density at radius 1 is 1.29 bits per heavy atom. The van der Waals surface area contributed by atoms with E-state index in [0.29, 0.717) is 6.54 Å². The lowest BCUT2D eigenvalue weighted by Gasteiger charge is -2.05. The number of amides is 1. The van der Waals surface area contributed by atoms with Gasteiger partial charge in [-0.25, -0.2) is 5.43 Å². The third-order valence-electron chi connectivity index (χ3n) is 1.80. The average molecular weight is 193 g/mol. The second-order valence-corrected chi connectivity index (χ2v) is 2.98. The third-order valence-corrected chi connectivity index (χ3v) is 1.80. The molecule has 0 saturated heterocycles. The van der Waals surface area contributed by atoms with E-state index in [2.05, 4.69) is 16.2 Å². The quantitative estimate of drug-likeness (QED) is 0.622. The molecule has 0 fully saturated rings. The van der Waals surface area contributed by atoms with E-state index >= 15 is 0 Å². The van der Waals surface area contributed by atoms with E-state index in [1.807, 2.05) is 31.3 Å². The minimum atomic E-state index is -0.0863. The SMILES string of the molecule is CNc1ccc(CNNC(C)=O)cc1. The number of hydrogen-bond acceptors (Lipinski definition) is 3. The largest absolute Gasteiger partial charge is 0.388 e. The zero-order valence-corrected chi connectivity index (χ0v) is 8.42. The fourth-order valence-electron chi connectivity index (χ4n) is 1.06. The highest BCUT2D eigenvalue weighted by atomic mass is 16.2. The van der Waals surface area contributed by atoms with Crippen LogP contribution in [0.1, 0.15) is 12.5 Å². The lowest BCUT2D eigenvalue weighted by molar-refractivity contribution is -0.119. The maximum absolute atomic E-state index is 10.6. The summed E-state index contributed by atoms with van der Waals surface area (Å²) < 4.78 is 0. The van der Waals surface area contributed by atoms with E-state index in [1.54, 1.807) is 0 Å². The van der Waals surface area contributed by atoms with Crippen LogP contribution in [-0.4, -0.2) is 13.0 Å². The summed E-state index contributed by atoms with van der Waals surface area (Å²) in [4.78, 5) is 10.6. The molecule has 0 atom stereocenters. The minimum Gasteiger partial charge on any atom is -0.388 e. The lowest BCUT2D eigenvalue weighted by atomic mass is 10.2. The van der Waals surface area contributed by atoms with Crippen molar-refractivity contribution in [2.75, 3.05) is 12.4 Å². The monoisotopic (exact) mass is 193 g/mol. The van der Waals surface area contributed by atoms with Gasteiger partial charge in [0, 0.05) is 26.2 Å². The number of carbonyl (C=O) groups excluding carboxylic acids is 1. The first-order valence-corrected chi connectivity index (χ1v) is 4.48. The van der Waals surface area contributed by atoms with Crippen LogP contribution in [0.15, 0.2) is 24.3 Å².